The summed E-state index contributed by atoms with van der Waals surface area (Å²) in [7, 11) is 0. The highest BCUT2D eigenvalue weighted by molar-refractivity contribution is 6.30. The van der Waals surface area contributed by atoms with E-state index in [1.807, 2.05) is 0 Å². The van der Waals surface area contributed by atoms with Crippen LogP contribution in [0.1, 0.15) is 0 Å². The Kier molecular flexibility index (Phi) is 5.65. The van der Waals surface area contributed by atoms with Crippen LogP contribution in [0.3, 0.4) is 0 Å². The number of nitrogens with one attached hydrogen (secondary N) is 2. The number of aromatic nitrogens is 2. The Hall–Kier alpha value is -3.33. The summed E-state index contributed by atoms with van der Waals surface area (Å²) in [6.07, 6.45) is -2.86. The molecule has 2 N–H and O–H groups in total. The van der Waals surface area contributed by atoms with Gasteiger partial charge in [-0.1, -0.05) is 35.9 Å². The molecule has 0 aliphatic carbocycles. The average Bonchev–Trinajstić information content (AvgIpc) is 2.66. The molecule has 0 aliphatic heterocycles. The van der Waals surface area contributed by atoms with Crippen LogP contribution in [0.25, 0.3) is 22.3 Å². The highest BCUT2D eigenvalue weighted by atomic mass is 35.5. The van der Waals surface area contributed by atoms with Crippen molar-refractivity contribution >= 4 is 23.8 Å². The normalized spacial score (nSPS) is 11.0. The molecule has 6 nitrogen and oxygen atoms in total. The minimum Gasteiger partial charge on any atom is -0.406 e. The molecule has 1 amide bonds. The number of alkyl halides is 3. The quantitative estimate of drug-likeness (QED) is 0.466. The molecule has 0 radical (unpaired) electrons. The molecule has 0 saturated carbocycles. The molecule has 0 atom stereocenters. The predicted octanol–water partition coefficient (Wildman–Crippen LogP) is 4.44. The lowest BCUT2D eigenvalue weighted by atomic mass is 9.96. The maximum Gasteiger partial charge on any atom is 0.573 e. The van der Waals surface area contributed by atoms with Gasteiger partial charge in [0.25, 0.3) is 0 Å². The number of nitrogens with zero attached hydrogens (tertiary/aromatic N) is 2. The number of hydrogen-bond donors (Lipinski definition) is 2. The van der Waals surface area contributed by atoms with Crippen LogP contribution < -0.4 is 15.6 Å². The molecule has 1 heterocycles. The lowest BCUT2D eigenvalue weighted by Crippen LogP contribution is -2.21. The molecule has 144 valence electrons. The first-order valence-corrected chi connectivity index (χ1v) is 8.18. The van der Waals surface area contributed by atoms with E-state index >= 15 is 0 Å². The van der Waals surface area contributed by atoms with Gasteiger partial charge in [-0.25, -0.2) is 0 Å². The summed E-state index contributed by atoms with van der Waals surface area (Å²) in [5, 5.41) is 8.42. The average molecular weight is 409 g/mol. The van der Waals surface area contributed by atoms with Crippen molar-refractivity contribution < 1.29 is 22.7 Å². The first-order valence-electron chi connectivity index (χ1n) is 7.80. The number of rotatable bonds is 6. The second-order valence-electron chi connectivity index (χ2n) is 5.45. The van der Waals surface area contributed by atoms with Crippen molar-refractivity contribution in [3.05, 3.63) is 59.8 Å². The van der Waals surface area contributed by atoms with Crippen LogP contribution in [-0.2, 0) is 4.79 Å². The van der Waals surface area contributed by atoms with Crippen LogP contribution in [0.4, 0.5) is 19.0 Å². The van der Waals surface area contributed by atoms with E-state index in [1.54, 1.807) is 24.3 Å². The minimum atomic E-state index is -4.78. The number of benzene rings is 2. The van der Waals surface area contributed by atoms with Gasteiger partial charge in [0.2, 0.25) is 6.41 Å². The highest BCUT2D eigenvalue weighted by Crippen LogP contribution is 2.37. The number of carbonyl (C=O) groups is 1. The number of anilines is 1. The highest BCUT2D eigenvalue weighted by Gasteiger charge is 2.31. The third-order valence-corrected chi connectivity index (χ3v) is 3.88. The van der Waals surface area contributed by atoms with Crippen LogP contribution in [0.15, 0.2) is 54.7 Å². The first kappa shape index (κ1) is 19.4. The number of halogens is 4. The van der Waals surface area contributed by atoms with Gasteiger partial charge in [-0.3, -0.25) is 15.6 Å². The van der Waals surface area contributed by atoms with Gasteiger partial charge in [-0.05, 0) is 35.4 Å². The van der Waals surface area contributed by atoms with Crippen molar-refractivity contribution in [2.75, 3.05) is 5.43 Å². The topological polar surface area (TPSA) is 76.1 Å². The van der Waals surface area contributed by atoms with Gasteiger partial charge in [0.1, 0.15) is 5.75 Å². The second-order valence-corrected chi connectivity index (χ2v) is 5.88. The zero-order chi connectivity index (χ0) is 20.1. The number of hydrazine groups is 1. The van der Waals surface area contributed by atoms with Gasteiger partial charge in [-0.15, -0.1) is 18.3 Å². The first-order chi connectivity index (χ1) is 13.4. The van der Waals surface area contributed by atoms with Crippen LogP contribution in [0.2, 0.25) is 5.02 Å². The fraction of sp³-hybridized carbons (Fsp3) is 0.0556. The molecule has 3 aromatic rings. The molecular formula is C18H12ClF3N4O2. The Morgan fingerprint density at radius 2 is 1.64 bits per heavy atom. The van der Waals surface area contributed by atoms with Crippen molar-refractivity contribution in [2.24, 2.45) is 0 Å². The van der Waals surface area contributed by atoms with Crippen molar-refractivity contribution in [1.29, 1.82) is 0 Å². The number of ether oxygens (including phenoxy) is 1. The SMILES string of the molecule is O=CNNc1nncc(-c2ccc(Cl)cc2)c1-c1ccc(OC(F)(F)F)cc1. The third-order valence-electron chi connectivity index (χ3n) is 3.63. The lowest BCUT2D eigenvalue weighted by molar-refractivity contribution is -0.274. The molecular weight excluding hydrogens is 397 g/mol. The van der Waals surface area contributed by atoms with Crippen molar-refractivity contribution in [3.63, 3.8) is 0 Å². The smallest absolute Gasteiger partial charge is 0.406 e. The molecule has 0 bridgehead atoms. The maximum atomic E-state index is 12.4. The molecule has 0 unspecified atom stereocenters. The molecule has 3 rings (SSSR count). The van der Waals surface area contributed by atoms with E-state index in [1.165, 1.54) is 30.5 Å². The van der Waals surface area contributed by atoms with Crippen LogP contribution >= 0.6 is 11.6 Å². The number of hydrogen-bond acceptors (Lipinski definition) is 5. The van der Waals surface area contributed by atoms with Gasteiger partial charge in [-0.2, -0.15) is 5.10 Å². The van der Waals surface area contributed by atoms with Gasteiger partial charge in [0.15, 0.2) is 5.82 Å². The van der Waals surface area contributed by atoms with Crippen molar-refractivity contribution in [2.45, 2.75) is 6.36 Å². The summed E-state index contributed by atoms with van der Waals surface area (Å²) < 4.78 is 41.1. The Morgan fingerprint density at radius 3 is 2.25 bits per heavy atom. The summed E-state index contributed by atoms with van der Waals surface area (Å²) in [5.41, 5.74) is 7.31. The van der Waals surface area contributed by atoms with E-state index in [9.17, 15) is 18.0 Å². The van der Waals surface area contributed by atoms with E-state index in [4.69, 9.17) is 11.6 Å². The molecule has 10 heteroatoms. The molecule has 0 saturated heterocycles. The molecule has 28 heavy (non-hydrogen) atoms. The maximum absolute atomic E-state index is 12.4. The fourth-order valence-corrected chi connectivity index (χ4v) is 2.66. The predicted molar refractivity (Wildman–Crippen MR) is 97.4 cm³/mol. The Bertz CT molecular complexity index is 964. The van der Waals surface area contributed by atoms with Gasteiger partial charge in [0.05, 0.1) is 6.20 Å². The van der Waals surface area contributed by atoms with Gasteiger partial charge < -0.3 is 4.74 Å². The lowest BCUT2D eigenvalue weighted by Gasteiger charge is -2.15. The molecule has 2 aromatic carbocycles. The van der Waals surface area contributed by atoms with E-state index in [0.717, 1.165) is 5.56 Å². The minimum absolute atomic E-state index is 0.212. The summed E-state index contributed by atoms with van der Waals surface area (Å²) in [6.45, 7) is 0. The van der Waals surface area contributed by atoms with Gasteiger partial charge in [0, 0.05) is 16.1 Å². The Morgan fingerprint density at radius 1 is 1.00 bits per heavy atom. The summed E-state index contributed by atoms with van der Waals surface area (Å²) >= 11 is 5.93. The second kappa shape index (κ2) is 8.13. The fourth-order valence-electron chi connectivity index (χ4n) is 2.54. The van der Waals surface area contributed by atoms with Crippen LogP contribution in [-0.4, -0.2) is 23.0 Å². The number of carbonyl (C=O) groups excluding carboxylic acids is 1. The van der Waals surface area contributed by atoms with Crippen molar-refractivity contribution in [3.8, 4) is 28.0 Å². The zero-order valence-electron chi connectivity index (χ0n) is 14.0. The molecule has 0 fully saturated rings. The summed E-state index contributed by atoms with van der Waals surface area (Å²) in [6, 6.07) is 12.2. The number of amides is 1. The van der Waals surface area contributed by atoms with Crippen LogP contribution in [0, 0.1) is 0 Å². The van der Waals surface area contributed by atoms with Gasteiger partial charge >= 0.3 is 6.36 Å². The van der Waals surface area contributed by atoms with Crippen molar-refractivity contribution in [1.82, 2.24) is 15.6 Å². The Labute approximate surface area is 162 Å². The third kappa shape index (κ3) is 4.68. The molecule has 0 spiro atoms. The van der Waals surface area contributed by atoms with E-state index in [0.29, 0.717) is 28.1 Å². The van der Waals surface area contributed by atoms with E-state index in [2.05, 4.69) is 25.8 Å². The van der Waals surface area contributed by atoms with E-state index < -0.39 is 6.36 Å². The largest absolute Gasteiger partial charge is 0.573 e. The Balaban J connectivity index is 2.08. The zero-order valence-corrected chi connectivity index (χ0v) is 14.8. The molecule has 0 aliphatic rings. The standard InChI is InChI=1S/C18H12ClF3N4O2/c19-13-5-1-11(2-6-13)15-9-23-25-17(26-24-10-27)16(15)12-3-7-14(8-4-12)28-18(20,21)22/h1-10H,(H,24,27)(H,25,26). The summed E-state index contributed by atoms with van der Waals surface area (Å²) in [5.74, 6) is -0.143. The van der Waals surface area contributed by atoms with Crippen LogP contribution in [0.5, 0.6) is 5.75 Å². The van der Waals surface area contributed by atoms with E-state index in [-0.39, 0.29) is 11.6 Å². The monoisotopic (exact) mass is 408 g/mol. The molecule has 1 aromatic heterocycles. The summed E-state index contributed by atoms with van der Waals surface area (Å²) in [4.78, 5) is 10.6.